The molecule has 100 valence electrons. The molecule has 0 spiro atoms. The maximum absolute atomic E-state index is 3.49. The van der Waals surface area contributed by atoms with Crippen LogP contribution in [0, 0.1) is 0 Å². The Hall–Kier alpha value is -1.41. The lowest BCUT2D eigenvalue weighted by Gasteiger charge is -2.10. The molecule has 0 saturated carbocycles. The van der Waals surface area contributed by atoms with Crippen molar-refractivity contribution in [2.45, 2.75) is 31.2 Å². The number of nitrogens with one attached hydrogen (secondary N) is 1. The third-order valence-electron chi connectivity index (χ3n) is 3.21. The summed E-state index contributed by atoms with van der Waals surface area (Å²) in [6, 6.07) is 17.4. The normalized spacial score (nSPS) is 10.7. The molecule has 0 aromatic heterocycles. The van der Waals surface area contributed by atoms with Gasteiger partial charge in [0.05, 0.1) is 0 Å². The van der Waals surface area contributed by atoms with E-state index < -0.39 is 0 Å². The highest BCUT2D eigenvalue weighted by molar-refractivity contribution is 7.98. The van der Waals surface area contributed by atoms with E-state index in [1.807, 2.05) is 0 Å². The minimum absolute atomic E-state index is 0.572. The van der Waals surface area contributed by atoms with Gasteiger partial charge < -0.3 is 5.32 Å². The summed E-state index contributed by atoms with van der Waals surface area (Å²) in [5, 5.41) is 3.49. The van der Waals surface area contributed by atoms with E-state index in [2.05, 4.69) is 74.0 Å². The molecular formula is C17H21NS. The fraction of sp³-hybridized carbons (Fsp3) is 0.294. The van der Waals surface area contributed by atoms with Crippen LogP contribution in [-0.2, 0) is 6.54 Å². The lowest BCUT2D eigenvalue weighted by atomic mass is 10.0. The third-order valence-corrected chi connectivity index (χ3v) is 3.95. The highest BCUT2D eigenvalue weighted by Crippen LogP contribution is 2.19. The first-order valence-corrected chi connectivity index (χ1v) is 7.88. The summed E-state index contributed by atoms with van der Waals surface area (Å²) in [6.07, 6.45) is 2.10. The first kappa shape index (κ1) is 14.0. The predicted octanol–water partition coefficient (Wildman–Crippen LogP) is 5.14. The van der Waals surface area contributed by atoms with Crippen LogP contribution >= 0.6 is 11.8 Å². The Balaban J connectivity index is 1.99. The van der Waals surface area contributed by atoms with Crippen LogP contribution in [0.3, 0.4) is 0 Å². The summed E-state index contributed by atoms with van der Waals surface area (Å²) in [4.78, 5) is 1.31. The smallest absolute Gasteiger partial charge is 0.0400 e. The molecule has 0 saturated heterocycles. The van der Waals surface area contributed by atoms with E-state index in [-0.39, 0.29) is 0 Å². The van der Waals surface area contributed by atoms with E-state index in [9.17, 15) is 0 Å². The average molecular weight is 271 g/mol. The molecule has 0 aliphatic heterocycles. The Labute approximate surface area is 120 Å². The molecule has 0 fully saturated rings. The molecule has 0 aliphatic rings. The first-order valence-electron chi connectivity index (χ1n) is 6.66. The molecule has 0 atom stereocenters. The second-order valence-electron chi connectivity index (χ2n) is 4.98. The molecule has 0 amide bonds. The van der Waals surface area contributed by atoms with Crippen molar-refractivity contribution >= 4 is 17.4 Å². The molecule has 2 aromatic carbocycles. The molecule has 1 N–H and O–H groups in total. The topological polar surface area (TPSA) is 12.0 Å². The minimum atomic E-state index is 0.572. The Morgan fingerprint density at radius 3 is 2.42 bits per heavy atom. The van der Waals surface area contributed by atoms with E-state index in [0.29, 0.717) is 5.92 Å². The van der Waals surface area contributed by atoms with Crippen LogP contribution in [0.25, 0.3) is 0 Å². The van der Waals surface area contributed by atoms with Crippen molar-refractivity contribution in [2.75, 3.05) is 11.6 Å². The molecule has 0 radical (unpaired) electrons. The zero-order chi connectivity index (χ0) is 13.7. The van der Waals surface area contributed by atoms with Crippen molar-refractivity contribution < 1.29 is 0 Å². The molecular weight excluding hydrogens is 250 g/mol. The lowest BCUT2D eigenvalue weighted by molar-refractivity contribution is 0.866. The quantitative estimate of drug-likeness (QED) is 0.755. The van der Waals surface area contributed by atoms with E-state index in [1.54, 1.807) is 11.8 Å². The number of rotatable bonds is 5. The molecule has 0 bridgehead atoms. The Morgan fingerprint density at radius 1 is 1.05 bits per heavy atom. The van der Waals surface area contributed by atoms with Crippen molar-refractivity contribution in [3.05, 3.63) is 59.7 Å². The number of hydrogen-bond acceptors (Lipinski definition) is 2. The van der Waals surface area contributed by atoms with Gasteiger partial charge in [0.2, 0.25) is 0 Å². The fourth-order valence-corrected chi connectivity index (χ4v) is 2.36. The highest BCUT2D eigenvalue weighted by Gasteiger charge is 2.00. The van der Waals surface area contributed by atoms with Gasteiger partial charge in [-0.25, -0.2) is 0 Å². The molecule has 0 unspecified atom stereocenters. The summed E-state index contributed by atoms with van der Waals surface area (Å²) < 4.78 is 0. The Morgan fingerprint density at radius 2 is 1.79 bits per heavy atom. The maximum Gasteiger partial charge on any atom is 0.0400 e. The SMILES string of the molecule is CSc1ccc(CNc2cccc(C(C)C)c2)cc1. The van der Waals surface area contributed by atoms with Crippen molar-refractivity contribution in [3.8, 4) is 0 Å². The molecule has 0 heterocycles. The van der Waals surface area contributed by atoms with Crippen molar-refractivity contribution in [1.29, 1.82) is 0 Å². The minimum Gasteiger partial charge on any atom is -0.381 e. The van der Waals surface area contributed by atoms with Gasteiger partial charge >= 0.3 is 0 Å². The van der Waals surface area contributed by atoms with Crippen LogP contribution in [0.4, 0.5) is 5.69 Å². The number of anilines is 1. The van der Waals surface area contributed by atoms with Gasteiger partial charge in [0.15, 0.2) is 0 Å². The Kier molecular flexibility index (Phi) is 4.92. The highest BCUT2D eigenvalue weighted by atomic mass is 32.2. The second kappa shape index (κ2) is 6.67. The van der Waals surface area contributed by atoms with E-state index >= 15 is 0 Å². The standard InChI is InChI=1S/C17H21NS/c1-13(2)15-5-4-6-16(11-15)18-12-14-7-9-17(19-3)10-8-14/h4-11,13,18H,12H2,1-3H3. The van der Waals surface area contributed by atoms with Gasteiger partial charge in [-0.3, -0.25) is 0 Å². The van der Waals surface area contributed by atoms with Crippen LogP contribution in [0.5, 0.6) is 0 Å². The average Bonchev–Trinajstić information content (AvgIpc) is 2.46. The predicted molar refractivity (Wildman–Crippen MR) is 86.1 cm³/mol. The largest absolute Gasteiger partial charge is 0.381 e. The first-order chi connectivity index (χ1) is 9.19. The molecule has 0 aliphatic carbocycles. The lowest BCUT2D eigenvalue weighted by Crippen LogP contribution is -2.00. The second-order valence-corrected chi connectivity index (χ2v) is 5.86. The zero-order valence-corrected chi connectivity index (χ0v) is 12.6. The molecule has 19 heavy (non-hydrogen) atoms. The fourth-order valence-electron chi connectivity index (χ4n) is 1.96. The van der Waals surface area contributed by atoms with Crippen molar-refractivity contribution in [2.24, 2.45) is 0 Å². The van der Waals surface area contributed by atoms with Gasteiger partial charge in [0.25, 0.3) is 0 Å². The third kappa shape index (κ3) is 4.03. The number of hydrogen-bond donors (Lipinski definition) is 1. The molecule has 2 heteroatoms. The van der Waals surface area contributed by atoms with E-state index in [4.69, 9.17) is 0 Å². The van der Waals surface area contributed by atoms with Crippen molar-refractivity contribution in [1.82, 2.24) is 0 Å². The summed E-state index contributed by atoms with van der Waals surface area (Å²) >= 11 is 1.78. The van der Waals surface area contributed by atoms with E-state index in [0.717, 1.165) is 6.54 Å². The van der Waals surface area contributed by atoms with Gasteiger partial charge in [0, 0.05) is 17.1 Å². The summed E-state index contributed by atoms with van der Waals surface area (Å²) in [5.41, 5.74) is 3.88. The molecule has 1 nitrogen and oxygen atoms in total. The van der Waals surface area contributed by atoms with Crippen molar-refractivity contribution in [3.63, 3.8) is 0 Å². The van der Waals surface area contributed by atoms with E-state index in [1.165, 1.54) is 21.7 Å². The van der Waals surface area contributed by atoms with Gasteiger partial charge in [0.1, 0.15) is 0 Å². The van der Waals surface area contributed by atoms with Gasteiger partial charge in [-0.2, -0.15) is 0 Å². The van der Waals surface area contributed by atoms with Crippen LogP contribution in [-0.4, -0.2) is 6.26 Å². The number of thioether (sulfide) groups is 1. The zero-order valence-electron chi connectivity index (χ0n) is 11.8. The summed E-state index contributed by atoms with van der Waals surface area (Å²) in [7, 11) is 0. The molecule has 2 rings (SSSR count). The monoisotopic (exact) mass is 271 g/mol. The van der Waals surface area contributed by atoms with Crippen LogP contribution in [0.1, 0.15) is 30.9 Å². The number of benzene rings is 2. The summed E-state index contributed by atoms with van der Waals surface area (Å²) in [5.74, 6) is 0.572. The van der Waals surface area contributed by atoms with Crippen LogP contribution in [0.15, 0.2) is 53.4 Å². The van der Waals surface area contributed by atoms with Gasteiger partial charge in [-0.15, -0.1) is 11.8 Å². The van der Waals surface area contributed by atoms with Gasteiger partial charge in [-0.05, 0) is 47.6 Å². The maximum atomic E-state index is 3.49. The Bertz CT molecular complexity index is 517. The van der Waals surface area contributed by atoms with Crippen LogP contribution < -0.4 is 5.32 Å². The summed E-state index contributed by atoms with van der Waals surface area (Å²) in [6.45, 7) is 5.32. The van der Waals surface area contributed by atoms with Crippen LogP contribution in [0.2, 0.25) is 0 Å². The molecule has 2 aromatic rings. The van der Waals surface area contributed by atoms with Gasteiger partial charge in [-0.1, -0.05) is 38.1 Å².